The summed E-state index contributed by atoms with van der Waals surface area (Å²) >= 11 is 6.03. The number of fused-ring (bicyclic) bond motifs is 2. The van der Waals surface area contributed by atoms with E-state index in [4.69, 9.17) is 11.6 Å². The standard InChI is InChI=1S/C8H11ClN2.C7H11N3O/c1-11-8(9)6-4-2-3-5-7(6)10-11;1-9-7(11)10-5-3-2-4-6(10)8-9/h2*2-5H2,1H3. The Kier molecular flexibility index (Phi) is 4.38. The van der Waals surface area contributed by atoms with Gasteiger partial charge in [-0.3, -0.25) is 9.25 Å². The molecule has 1 aliphatic carbocycles. The van der Waals surface area contributed by atoms with Crippen molar-refractivity contribution in [2.45, 2.75) is 51.5 Å². The summed E-state index contributed by atoms with van der Waals surface area (Å²) in [6, 6.07) is 0. The van der Waals surface area contributed by atoms with Crippen LogP contribution in [-0.4, -0.2) is 24.1 Å². The molecule has 2 aromatic rings. The fourth-order valence-corrected chi connectivity index (χ4v) is 3.40. The number of nitrogens with zero attached hydrogens (tertiary/aromatic N) is 5. The minimum absolute atomic E-state index is 0.0275. The van der Waals surface area contributed by atoms with Gasteiger partial charge in [-0.1, -0.05) is 11.6 Å². The van der Waals surface area contributed by atoms with E-state index in [1.165, 1.54) is 28.8 Å². The van der Waals surface area contributed by atoms with Crippen molar-refractivity contribution in [1.29, 1.82) is 0 Å². The molecule has 22 heavy (non-hydrogen) atoms. The van der Waals surface area contributed by atoms with Crippen molar-refractivity contribution in [1.82, 2.24) is 24.1 Å². The van der Waals surface area contributed by atoms with Crippen LogP contribution < -0.4 is 5.69 Å². The van der Waals surface area contributed by atoms with Gasteiger partial charge in [0, 0.05) is 32.6 Å². The van der Waals surface area contributed by atoms with E-state index >= 15 is 0 Å². The van der Waals surface area contributed by atoms with Crippen LogP contribution in [0.25, 0.3) is 0 Å². The number of rotatable bonds is 0. The molecule has 6 nitrogen and oxygen atoms in total. The van der Waals surface area contributed by atoms with Gasteiger partial charge in [0.1, 0.15) is 11.0 Å². The van der Waals surface area contributed by atoms with E-state index in [0.29, 0.717) is 0 Å². The Balaban J connectivity index is 0.000000131. The molecule has 1 aliphatic heterocycles. The molecule has 0 unspecified atom stereocenters. The zero-order chi connectivity index (χ0) is 15.7. The van der Waals surface area contributed by atoms with Crippen LogP contribution in [0.3, 0.4) is 0 Å². The maximum Gasteiger partial charge on any atom is 0.345 e. The lowest BCUT2D eigenvalue weighted by atomic mass is 9.99. The van der Waals surface area contributed by atoms with Gasteiger partial charge in [-0.05, 0) is 38.5 Å². The lowest BCUT2D eigenvalue weighted by Crippen LogP contribution is -2.25. The Morgan fingerprint density at radius 3 is 2.41 bits per heavy atom. The summed E-state index contributed by atoms with van der Waals surface area (Å²) in [5.41, 5.74) is 2.52. The van der Waals surface area contributed by atoms with Crippen LogP contribution in [0.1, 0.15) is 42.8 Å². The second-order valence-corrected chi connectivity index (χ2v) is 6.34. The average molecular weight is 324 g/mol. The van der Waals surface area contributed by atoms with Gasteiger partial charge in [0.05, 0.1) is 5.69 Å². The molecule has 0 bridgehead atoms. The molecule has 0 amide bonds. The molecule has 2 aromatic heterocycles. The van der Waals surface area contributed by atoms with Crippen LogP contribution in [0, 0.1) is 0 Å². The molecular formula is C15H22ClN5O. The number of aryl methyl sites for hydroxylation is 4. The van der Waals surface area contributed by atoms with Gasteiger partial charge in [-0.15, -0.1) is 0 Å². The second kappa shape index (κ2) is 6.28. The van der Waals surface area contributed by atoms with Crippen LogP contribution in [0.2, 0.25) is 5.15 Å². The molecule has 3 heterocycles. The topological polar surface area (TPSA) is 57.6 Å². The number of hydrogen-bond donors (Lipinski definition) is 0. The third-order valence-corrected chi connectivity index (χ3v) is 4.83. The Hall–Kier alpha value is -1.56. The van der Waals surface area contributed by atoms with Crippen molar-refractivity contribution in [2.24, 2.45) is 14.1 Å². The minimum Gasteiger partial charge on any atom is -0.279 e. The van der Waals surface area contributed by atoms with Gasteiger partial charge in [0.15, 0.2) is 0 Å². The van der Waals surface area contributed by atoms with Crippen molar-refractivity contribution in [2.75, 3.05) is 0 Å². The summed E-state index contributed by atoms with van der Waals surface area (Å²) < 4.78 is 4.96. The SMILES string of the molecule is Cn1nc2c(c1Cl)CCCC2.Cn1nc2n(c1=O)CCCC2. The molecule has 2 aliphatic rings. The first-order valence-electron chi connectivity index (χ1n) is 7.91. The van der Waals surface area contributed by atoms with Crippen LogP contribution in [-0.2, 0) is 39.9 Å². The van der Waals surface area contributed by atoms with E-state index < -0.39 is 0 Å². The van der Waals surface area contributed by atoms with Crippen molar-refractivity contribution < 1.29 is 0 Å². The molecule has 0 saturated carbocycles. The Morgan fingerprint density at radius 1 is 0.955 bits per heavy atom. The highest BCUT2D eigenvalue weighted by molar-refractivity contribution is 6.30. The first-order valence-corrected chi connectivity index (χ1v) is 8.28. The van der Waals surface area contributed by atoms with Gasteiger partial charge >= 0.3 is 5.69 Å². The lowest BCUT2D eigenvalue weighted by Gasteiger charge is -2.09. The molecule has 7 heteroatoms. The highest BCUT2D eigenvalue weighted by atomic mass is 35.5. The van der Waals surface area contributed by atoms with Gasteiger partial charge in [-0.25, -0.2) is 9.48 Å². The van der Waals surface area contributed by atoms with Crippen molar-refractivity contribution >= 4 is 11.6 Å². The molecule has 0 aromatic carbocycles. The molecule has 0 radical (unpaired) electrons. The van der Waals surface area contributed by atoms with Crippen molar-refractivity contribution in [3.8, 4) is 0 Å². The molecule has 0 fully saturated rings. The predicted octanol–water partition coefficient (Wildman–Crippen LogP) is 1.87. The first kappa shape index (κ1) is 15.3. The maximum absolute atomic E-state index is 11.3. The van der Waals surface area contributed by atoms with E-state index in [2.05, 4.69) is 10.2 Å². The van der Waals surface area contributed by atoms with E-state index in [1.807, 2.05) is 7.05 Å². The smallest absolute Gasteiger partial charge is 0.279 e. The number of hydrogen-bond acceptors (Lipinski definition) is 3. The van der Waals surface area contributed by atoms with Crippen LogP contribution in [0.5, 0.6) is 0 Å². The summed E-state index contributed by atoms with van der Waals surface area (Å²) in [7, 11) is 3.61. The quantitative estimate of drug-likeness (QED) is 0.743. The third-order valence-electron chi connectivity index (χ3n) is 4.36. The summed E-state index contributed by atoms with van der Waals surface area (Å²) in [4.78, 5) is 11.3. The molecule has 0 N–H and O–H groups in total. The predicted molar refractivity (Wildman–Crippen MR) is 85.3 cm³/mol. The fourth-order valence-electron chi connectivity index (χ4n) is 3.16. The van der Waals surface area contributed by atoms with Crippen LogP contribution in [0.15, 0.2) is 4.79 Å². The van der Waals surface area contributed by atoms with Gasteiger partial charge in [0.25, 0.3) is 0 Å². The zero-order valence-electron chi connectivity index (χ0n) is 13.2. The van der Waals surface area contributed by atoms with E-state index in [9.17, 15) is 4.79 Å². The summed E-state index contributed by atoms with van der Waals surface area (Å²) in [5.74, 6) is 0.948. The minimum atomic E-state index is 0.0275. The number of aromatic nitrogens is 5. The normalized spacial score (nSPS) is 16.5. The monoisotopic (exact) mass is 323 g/mol. The Bertz CT molecular complexity index is 727. The molecular weight excluding hydrogens is 302 g/mol. The van der Waals surface area contributed by atoms with Crippen molar-refractivity contribution in [3.05, 3.63) is 32.7 Å². The molecule has 0 saturated heterocycles. The van der Waals surface area contributed by atoms with Gasteiger partial charge in [0.2, 0.25) is 0 Å². The van der Waals surface area contributed by atoms with Crippen molar-refractivity contribution in [3.63, 3.8) is 0 Å². The fraction of sp³-hybridized carbons (Fsp3) is 0.667. The Labute approximate surface area is 134 Å². The Morgan fingerprint density at radius 2 is 1.68 bits per heavy atom. The van der Waals surface area contributed by atoms with E-state index in [-0.39, 0.29) is 5.69 Å². The molecule has 4 rings (SSSR count). The van der Waals surface area contributed by atoms with Crippen LogP contribution >= 0.6 is 11.6 Å². The van der Waals surface area contributed by atoms with Gasteiger partial charge in [-0.2, -0.15) is 10.2 Å². The summed E-state index contributed by atoms with van der Waals surface area (Å²) in [6.07, 6.45) is 7.97. The third kappa shape index (κ3) is 2.84. The first-order chi connectivity index (χ1) is 10.6. The highest BCUT2D eigenvalue weighted by Gasteiger charge is 2.17. The zero-order valence-corrected chi connectivity index (χ0v) is 13.9. The maximum atomic E-state index is 11.3. The largest absolute Gasteiger partial charge is 0.345 e. The average Bonchev–Trinajstić information content (AvgIpc) is 2.98. The molecule has 120 valence electrons. The van der Waals surface area contributed by atoms with E-state index in [1.54, 1.807) is 16.3 Å². The lowest BCUT2D eigenvalue weighted by molar-refractivity contribution is 0.512. The number of halogens is 1. The highest BCUT2D eigenvalue weighted by Crippen LogP contribution is 2.26. The second-order valence-electron chi connectivity index (χ2n) is 5.98. The summed E-state index contributed by atoms with van der Waals surface area (Å²) in [6.45, 7) is 0.849. The van der Waals surface area contributed by atoms with Crippen LogP contribution in [0.4, 0.5) is 0 Å². The summed E-state index contributed by atoms with van der Waals surface area (Å²) in [5, 5.41) is 9.29. The van der Waals surface area contributed by atoms with Gasteiger partial charge < -0.3 is 0 Å². The van der Waals surface area contributed by atoms with E-state index in [0.717, 1.165) is 49.6 Å². The molecule has 0 atom stereocenters. The molecule has 0 spiro atoms.